The Morgan fingerprint density at radius 3 is 2.50 bits per heavy atom. The standard InChI is InChI=1S/C30H28N4OS/c1-21-7-5-6-10-26(21)27-17-23(11-12-24(27)18-31)29(28-19-32-20-36-28)33-25-13-15-34(16-14-25)30(35)22-8-3-2-4-9-22/h2-12,17,19-20,25,29,33H,13-16H2,1H3. The Balaban J connectivity index is 1.38. The fourth-order valence-electron chi connectivity index (χ4n) is 4.90. The number of benzene rings is 3. The molecule has 1 unspecified atom stereocenters. The van der Waals surface area contributed by atoms with Crippen molar-refractivity contribution in [1.29, 1.82) is 5.26 Å². The van der Waals surface area contributed by atoms with E-state index in [1.807, 2.05) is 71.2 Å². The molecule has 1 saturated heterocycles. The lowest BCUT2D eigenvalue weighted by Crippen LogP contribution is -2.45. The van der Waals surface area contributed by atoms with Crippen molar-refractivity contribution in [3.8, 4) is 17.2 Å². The molecule has 1 atom stereocenters. The van der Waals surface area contributed by atoms with Gasteiger partial charge in [0.1, 0.15) is 0 Å². The van der Waals surface area contributed by atoms with Gasteiger partial charge in [-0.15, -0.1) is 11.3 Å². The van der Waals surface area contributed by atoms with E-state index >= 15 is 0 Å². The summed E-state index contributed by atoms with van der Waals surface area (Å²) >= 11 is 1.63. The SMILES string of the molecule is Cc1ccccc1-c1cc(C(NC2CCN(C(=O)c3ccccc3)CC2)c2cncs2)ccc1C#N. The number of nitrogens with zero attached hydrogens (tertiary/aromatic N) is 3. The molecular weight excluding hydrogens is 464 g/mol. The highest BCUT2D eigenvalue weighted by Crippen LogP contribution is 2.33. The molecule has 1 aliphatic rings. The van der Waals surface area contributed by atoms with Crippen LogP contribution in [0.4, 0.5) is 0 Å². The number of aryl methyl sites for hydroxylation is 1. The van der Waals surface area contributed by atoms with Crippen molar-refractivity contribution in [2.24, 2.45) is 0 Å². The Morgan fingerprint density at radius 2 is 1.81 bits per heavy atom. The maximum atomic E-state index is 12.9. The van der Waals surface area contributed by atoms with Crippen LogP contribution in [0.3, 0.4) is 0 Å². The summed E-state index contributed by atoms with van der Waals surface area (Å²) in [6.07, 6.45) is 3.69. The van der Waals surface area contributed by atoms with Gasteiger partial charge in [0.2, 0.25) is 0 Å². The molecule has 0 saturated carbocycles. The number of rotatable bonds is 6. The highest BCUT2D eigenvalue weighted by molar-refractivity contribution is 7.09. The molecule has 180 valence electrons. The maximum Gasteiger partial charge on any atom is 0.253 e. The quantitative estimate of drug-likeness (QED) is 0.360. The fraction of sp³-hybridized carbons (Fsp3) is 0.233. The second-order valence-electron chi connectivity index (χ2n) is 9.17. The average molecular weight is 493 g/mol. The molecule has 4 aromatic rings. The lowest BCUT2D eigenvalue weighted by atomic mass is 9.92. The normalized spacial score (nSPS) is 14.8. The number of thiazole rings is 1. The van der Waals surface area contributed by atoms with E-state index in [4.69, 9.17) is 0 Å². The van der Waals surface area contributed by atoms with Crippen LogP contribution in [0.5, 0.6) is 0 Å². The van der Waals surface area contributed by atoms with Gasteiger partial charge in [-0.2, -0.15) is 5.26 Å². The summed E-state index contributed by atoms with van der Waals surface area (Å²) in [5.41, 5.74) is 7.55. The van der Waals surface area contributed by atoms with E-state index in [2.05, 4.69) is 41.5 Å². The Bertz CT molecular complexity index is 1370. The minimum atomic E-state index is -0.0330. The smallest absolute Gasteiger partial charge is 0.253 e. The molecule has 1 amide bonds. The molecule has 1 N–H and O–H groups in total. The molecule has 36 heavy (non-hydrogen) atoms. The number of carbonyl (C=O) groups excluding carboxylic acids is 1. The van der Waals surface area contributed by atoms with E-state index in [-0.39, 0.29) is 18.0 Å². The van der Waals surface area contributed by atoms with E-state index < -0.39 is 0 Å². The molecule has 5 nitrogen and oxygen atoms in total. The minimum absolute atomic E-state index is 0.0330. The highest BCUT2D eigenvalue weighted by atomic mass is 32.1. The Morgan fingerprint density at radius 1 is 1.06 bits per heavy atom. The van der Waals surface area contributed by atoms with Crippen LogP contribution in [-0.4, -0.2) is 34.9 Å². The van der Waals surface area contributed by atoms with Crippen molar-refractivity contribution in [1.82, 2.24) is 15.2 Å². The van der Waals surface area contributed by atoms with Crippen LogP contribution >= 0.6 is 11.3 Å². The molecule has 2 heterocycles. The van der Waals surface area contributed by atoms with Crippen molar-refractivity contribution in [2.45, 2.75) is 31.8 Å². The van der Waals surface area contributed by atoms with Gasteiger partial charge in [-0.25, -0.2) is 0 Å². The number of aromatic nitrogens is 1. The van der Waals surface area contributed by atoms with Crippen LogP contribution in [0, 0.1) is 18.3 Å². The molecule has 3 aromatic carbocycles. The molecular formula is C30H28N4OS. The van der Waals surface area contributed by atoms with Gasteiger partial charge in [-0.1, -0.05) is 48.5 Å². The van der Waals surface area contributed by atoms with Gasteiger partial charge >= 0.3 is 0 Å². The molecule has 0 aliphatic carbocycles. The van der Waals surface area contributed by atoms with Crippen molar-refractivity contribution in [2.75, 3.05) is 13.1 Å². The average Bonchev–Trinajstić information content (AvgIpc) is 3.47. The molecule has 1 fully saturated rings. The zero-order chi connectivity index (χ0) is 24.9. The van der Waals surface area contributed by atoms with Crippen molar-refractivity contribution in [3.63, 3.8) is 0 Å². The lowest BCUT2D eigenvalue weighted by Gasteiger charge is -2.34. The van der Waals surface area contributed by atoms with Gasteiger partial charge in [0, 0.05) is 41.3 Å². The second kappa shape index (κ2) is 10.9. The van der Waals surface area contributed by atoms with Gasteiger partial charge in [0.15, 0.2) is 0 Å². The van der Waals surface area contributed by atoms with Crippen molar-refractivity contribution in [3.05, 3.63) is 112 Å². The summed E-state index contributed by atoms with van der Waals surface area (Å²) in [6.45, 7) is 3.53. The van der Waals surface area contributed by atoms with Crippen LogP contribution in [0.15, 0.2) is 84.5 Å². The first-order chi connectivity index (χ1) is 17.6. The third-order valence-corrected chi connectivity index (χ3v) is 7.71. The van der Waals surface area contributed by atoms with Crippen LogP contribution < -0.4 is 5.32 Å². The van der Waals surface area contributed by atoms with Crippen LogP contribution in [0.1, 0.15) is 50.8 Å². The van der Waals surface area contributed by atoms with E-state index in [0.717, 1.165) is 58.6 Å². The number of hydrogen-bond donors (Lipinski definition) is 1. The van der Waals surface area contributed by atoms with E-state index in [9.17, 15) is 10.1 Å². The predicted octanol–water partition coefficient (Wildman–Crippen LogP) is 5.97. The molecule has 0 spiro atoms. The first-order valence-electron chi connectivity index (χ1n) is 12.2. The molecule has 5 rings (SSSR count). The second-order valence-corrected chi connectivity index (χ2v) is 10.1. The Kier molecular flexibility index (Phi) is 7.22. The summed E-state index contributed by atoms with van der Waals surface area (Å²) in [6, 6.07) is 26.4. The zero-order valence-electron chi connectivity index (χ0n) is 20.2. The van der Waals surface area contributed by atoms with Gasteiger partial charge < -0.3 is 10.2 Å². The zero-order valence-corrected chi connectivity index (χ0v) is 21.0. The summed E-state index contributed by atoms with van der Waals surface area (Å²) in [5.74, 6) is 0.100. The lowest BCUT2D eigenvalue weighted by molar-refractivity contribution is 0.0703. The largest absolute Gasteiger partial charge is 0.339 e. The summed E-state index contributed by atoms with van der Waals surface area (Å²) in [7, 11) is 0. The molecule has 6 heteroatoms. The number of nitrogens with one attached hydrogen (secondary N) is 1. The van der Waals surface area contributed by atoms with Gasteiger partial charge in [0.25, 0.3) is 5.91 Å². The number of amides is 1. The first kappa shape index (κ1) is 23.9. The van der Waals surface area contributed by atoms with Crippen molar-refractivity contribution >= 4 is 17.2 Å². The molecule has 1 aliphatic heterocycles. The first-order valence-corrected chi connectivity index (χ1v) is 13.1. The maximum absolute atomic E-state index is 12.9. The topological polar surface area (TPSA) is 69.0 Å². The number of nitriles is 1. The van der Waals surface area contributed by atoms with Gasteiger partial charge in [-0.05, 0) is 60.7 Å². The van der Waals surface area contributed by atoms with E-state index in [1.54, 1.807) is 11.3 Å². The monoisotopic (exact) mass is 492 g/mol. The number of likely N-dealkylation sites (tertiary alicyclic amines) is 1. The van der Waals surface area contributed by atoms with Gasteiger partial charge in [-0.3, -0.25) is 9.78 Å². The van der Waals surface area contributed by atoms with E-state index in [1.165, 1.54) is 0 Å². The summed E-state index contributed by atoms with van der Waals surface area (Å²) in [5, 5.41) is 13.6. The highest BCUT2D eigenvalue weighted by Gasteiger charge is 2.27. The minimum Gasteiger partial charge on any atom is -0.339 e. The Labute approximate surface area is 216 Å². The summed E-state index contributed by atoms with van der Waals surface area (Å²) in [4.78, 5) is 20.3. The third-order valence-electron chi connectivity index (χ3n) is 6.87. The van der Waals surface area contributed by atoms with Crippen LogP contribution in [0.25, 0.3) is 11.1 Å². The third kappa shape index (κ3) is 5.08. The summed E-state index contributed by atoms with van der Waals surface area (Å²) < 4.78 is 0. The molecule has 0 radical (unpaired) electrons. The number of hydrogen-bond acceptors (Lipinski definition) is 5. The molecule has 1 aromatic heterocycles. The van der Waals surface area contributed by atoms with Crippen LogP contribution in [-0.2, 0) is 0 Å². The van der Waals surface area contributed by atoms with Crippen molar-refractivity contribution < 1.29 is 4.79 Å². The fourth-order valence-corrected chi connectivity index (χ4v) is 5.60. The molecule has 0 bridgehead atoms. The Hall–Kier alpha value is -3.79. The number of carbonyl (C=O) groups is 1. The predicted molar refractivity (Wildman–Crippen MR) is 144 cm³/mol. The van der Waals surface area contributed by atoms with Gasteiger partial charge in [0.05, 0.1) is 23.2 Å². The van der Waals surface area contributed by atoms with E-state index in [0.29, 0.717) is 5.56 Å². The number of piperidine rings is 1. The van der Waals surface area contributed by atoms with Crippen LogP contribution in [0.2, 0.25) is 0 Å².